The average molecular weight is 463 g/mol. The minimum absolute atomic E-state index is 0.0842. The van der Waals surface area contributed by atoms with E-state index in [0.717, 1.165) is 41.3 Å². The quantitative estimate of drug-likeness (QED) is 0.411. The van der Waals surface area contributed by atoms with E-state index in [4.69, 9.17) is 0 Å². The molecular weight excluding hydrogens is 436 g/mol. The van der Waals surface area contributed by atoms with E-state index < -0.39 is 0 Å². The predicted octanol–water partition coefficient (Wildman–Crippen LogP) is 4.99. The normalized spacial score (nSPS) is 15.3. The molecule has 2 heterocycles. The number of aromatic nitrogens is 3. The summed E-state index contributed by atoms with van der Waals surface area (Å²) in [7, 11) is 1.87. The summed E-state index contributed by atoms with van der Waals surface area (Å²) in [5, 5.41) is 9.35. The van der Waals surface area contributed by atoms with Gasteiger partial charge in [-0.05, 0) is 55.5 Å². The van der Waals surface area contributed by atoms with E-state index >= 15 is 0 Å². The highest BCUT2D eigenvalue weighted by Crippen LogP contribution is 2.32. The fraction of sp³-hybridized carbons (Fsp3) is 0.207. The minimum atomic E-state index is -0.270. The fourth-order valence-electron chi connectivity index (χ4n) is 5.33. The van der Waals surface area contributed by atoms with E-state index in [9.17, 15) is 9.59 Å². The number of rotatable bonds is 3. The molecule has 35 heavy (non-hydrogen) atoms. The van der Waals surface area contributed by atoms with Gasteiger partial charge < -0.3 is 9.88 Å². The van der Waals surface area contributed by atoms with Crippen LogP contribution in [0.2, 0.25) is 0 Å². The standard InChI is InChI=1S/C29H26N4O2/c1-18-14-16-20(17-15-18)33-29(35)27-25(22-11-5-6-13-24(22)32(27)2)26(31-33)28(34)30-23-12-7-9-19-8-3-4-10-21(19)23/h3-6,8,10-11,13-17,23H,7,9,12H2,1-2H3,(H,30,34)/t23-/m1/s1. The van der Waals surface area contributed by atoms with Crippen LogP contribution in [0, 0.1) is 6.92 Å². The number of para-hydroxylation sites is 1. The van der Waals surface area contributed by atoms with Gasteiger partial charge in [0.25, 0.3) is 11.5 Å². The van der Waals surface area contributed by atoms with E-state index in [-0.39, 0.29) is 23.2 Å². The molecule has 0 bridgehead atoms. The van der Waals surface area contributed by atoms with Gasteiger partial charge in [0, 0.05) is 23.3 Å². The maximum atomic E-state index is 13.8. The highest BCUT2D eigenvalue weighted by atomic mass is 16.2. The third-order valence-electron chi connectivity index (χ3n) is 7.11. The second-order valence-corrected chi connectivity index (χ2v) is 9.32. The first-order chi connectivity index (χ1) is 17.0. The number of carbonyl (C=O) groups is 1. The van der Waals surface area contributed by atoms with Crippen molar-refractivity contribution >= 4 is 27.7 Å². The first-order valence-electron chi connectivity index (χ1n) is 12.0. The van der Waals surface area contributed by atoms with Crippen LogP contribution in [-0.4, -0.2) is 20.3 Å². The maximum absolute atomic E-state index is 13.8. The van der Waals surface area contributed by atoms with Gasteiger partial charge in [0.1, 0.15) is 5.52 Å². The van der Waals surface area contributed by atoms with Gasteiger partial charge in [-0.1, -0.05) is 60.2 Å². The van der Waals surface area contributed by atoms with Crippen LogP contribution >= 0.6 is 0 Å². The molecule has 1 N–H and O–H groups in total. The SMILES string of the molecule is Cc1ccc(-n2nc(C(=O)N[C@@H]3CCCc4ccccc43)c3c4ccccc4n(C)c3c2=O)cc1. The van der Waals surface area contributed by atoms with Crippen molar-refractivity contribution in [2.24, 2.45) is 7.05 Å². The van der Waals surface area contributed by atoms with Gasteiger partial charge in [0.15, 0.2) is 5.69 Å². The summed E-state index contributed by atoms with van der Waals surface area (Å²) in [5.41, 5.74) is 5.52. The molecule has 6 rings (SSSR count). The van der Waals surface area contributed by atoms with Crippen LogP contribution < -0.4 is 10.9 Å². The highest BCUT2D eigenvalue weighted by molar-refractivity contribution is 6.16. The van der Waals surface area contributed by atoms with Crippen molar-refractivity contribution in [3.63, 3.8) is 0 Å². The monoisotopic (exact) mass is 462 g/mol. The molecule has 6 heteroatoms. The van der Waals surface area contributed by atoms with Crippen molar-refractivity contribution in [1.29, 1.82) is 0 Å². The molecule has 1 aliphatic carbocycles. The van der Waals surface area contributed by atoms with Crippen LogP contribution in [0.4, 0.5) is 0 Å². The summed E-state index contributed by atoms with van der Waals surface area (Å²) >= 11 is 0. The largest absolute Gasteiger partial charge is 0.344 e. The molecule has 0 aliphatic heterocycles. The molecule has 6 nitrogen and oxygen atoms in total. The number of nitrogens with zero attached hydrogens (tertiary/aromatic N) is 3. The second-order valence-electron chi connectivity index (χ2n) is 9.32. The first-order valence-corrected chi connectivity index (χ1v) is 12.0. The lowest BCUT2D eigenvalue weighted by Crippen LogP contribution is -2.34. The third-order valence-corrected chi connectivity index (χ3v) is 7.11. The lowest BCUT2D eigenvalue weighted by molar-refractivity contribution is 0.0928. The molecule has 0 saturated heterocycles. The Bertz CT molecular complexity index is 1660. The van der Waals surface area contributed by atoms with Gasteiger partial charge in [-0.25, -0.2) is 0 Å². The number of amides is 1. The summed E-state index contributed by atoms with van der Waals surface area (Å²) in [6, 6.07) is 23.6. The van der Waals surface area contributed by atoms with Crippen LogP contribution in [-0.2, 0) is 13.5 Å². The van der Waals surface area contributed by atoms with E-state index in [1.54, 1.807) is 0 Å². The van der Waals surface area contributed by atoms with Crippen molar-refractivity contribution in [2.75, 3.05) is 0 Å². The molecule has 1 aliphatic rings. The van der Waals surface area contributed by atoms with E-state index in [2.05, 4.69) is 22.5 Å². The lowest BCUT2D eigenvalue weighted by Gasteiger charge is -2.26. The smallest absolute Gasteiger partial charge is 0.296 e. The Morgan fingerprint density at radius 3 is 2.57 bits per heavy atom. The summed E-state index contributed by atoms with van der Waals surface area (Å²) in [4.78, 5) is 27.5. The zero-order chi connectivity index (χ0) is 24.1. The van der Waals surface area contributed by atoms with Crippen LogP contribution in [0.1, 0.15) is 46.1 Å². The average Bonchev–Trinajstić information content (AvgIpc) is 3.18. The fourth-order valence-corrected chi connectivity index (χ4v) is 5.33. The highest BCUT2D eigenvalue weighted by Gasteiger charge is 2.27. The second kappa shape index (κ2) is 8.24. The molecule has 5 aromatic rings. The molecule has 2 aromatic heterocycles. The Labute approximate surface area is 202 Å². The Balaban J connectivity index is 1.56. The molecule has 0 unspecified atom stereocenters. The molecule has 174 valence electrons. The Kier molecular flexibility index (Phi) is 5.02. The number of aryl methyl sites for hydroxylation is 3. The topological polar surface area (TPSA) is 68.9 Å². The van der Waals surface area contributed by atoms with Crippen molar-refractivity contribution in [1.82, 2.24) is 19.7 Å². The number of benzene rings is 3. The summed E-state index contributed by atoms with van der Waals surface area (Å²) in [6.07, 6.45) is 2.91. The molecule has 3 aromatic carbocycles. The van der Waals surface area contributed by atoms with E-state index in [0.29, 0.717) is 16.6 Å². The summed E-state index contributed by atoms with van der Waals surface area (Å²) < 4.78 is 3.22. The van der Waals surface area contributed by atoms with Gasteiger partial charge in [-0.15, -0.1) is 0 Å². The van der Waals surface area contributed by atoms with Crippen LogP contribution in [0.3, 0.4) is 0 Å². The van der Waals surface area contributed by atoms with Gasteiger partial charge in [-0.2, -0.15) is 9.78 Å². The lowest BCUT2D eigenvalue weighted by atomic mass is 9.87. The Morgan fingerprint density at radius 1 is 1.00 bits per heavy atom. The minimum Gasteiger partial charge on any atom is -0.344 e. The number of hydrogen-bond donors (Lipinski definition) is 1. The molecule has 0 radical (unpaired) electrons. The zero-order valence-electron chi connectivity index (χ0n) is 19.8. The van der Waals surface area contributed by atoms with Gasteiger partial charge >= 0.3 is 0 Å². The number of carbonyl (C=O) groups excluding carboxylic acids is 1. The van der Waals surface area contributed by atoms with Crippen molar-refractivity contribution in [3.8, 4) is 5.69 Å². The van der Waals surface area contributed by atoms with Crippen molar-refractivity contribution in [2.45, 2.75) is 32.2 Å². The summed E-state index contributed by atoms with van der Waals surface area (Å²) in [5.74, 6) is -0.270. The van der Waals surface area contributed by atoms with Crippen LogP contribution in [0.5, 0.6) is 0 Å². The maximum Gasteiger partial charge on any atom is 0.296 e. The molecular formula is C29H26N4O2. The number of hydrogen-bond acceptors (Lipinski definition) is 3. The van der Waals surface area contributed by atoms with Crippen LogP contribution in [0.15, 0.2) is 77.6 Å². The van der Waals surface area contributed by atoms with Gasteiger partial charge in [0.2, 0.25) is 0 Å². The Morgan fingerprint density at radius 2 is 1.74 bits per heavy atom. The molecule has 0 saturated carbocycles. The first kappa shape index (κ1) is 21.4. The van der Waals surface area contributed by atoms with E-state index in [1.807, 2.05) is 79.2 Å². The third kappa shape index (κ3) is 3.44. The molecule has 1 amide bonds. The number of fused-ring (bicyclic) bond motifs is 4. The zero-order valence-corrected chi connectivity index (χ0v) is 19.8. The van der Waals surface area contributed by atoms with Gasteiger partial charge in [0.05, 0.1) is 11.7 Å². The van der Waals surface area contributed by atoms with Crippen LogP contribution in [0.25, 0.3) is 27.5 Å². The number of nitrogens with one attached hydrogen (secondary N) is 1. The Hall–Kier alpha value is -4.19. The van der Waals surface area contributed by atoms with Gasteiger partial charge in [-0.3, -0.25) is 9.59 Å². The van der Waals surface area contributed by atoms with Crippen molar-refractivity contribution < 1.29 is 4.79 Å². The molecule has 0 spiro atoms. The summed E-state index contributed by atoms with van der Waals surface area (Å²) in [6.45, 7) is 1.99. The molecule has 1 atom stereocenters. The van der Waals surface area contributed by atoms with E-state index in [1.165, 1.54) is 10.2 Å². The van der Waals surface area contributed by atoms with Crippen molar-refractivity contribution in [3.05, 3.63) is 106 Å². The molecule has 0 fully saturated rings. The predicted molar refractivity (Wildman–Crippen MR) is 138 cm³/mol.